The number of anilines is 2. The fourth-order valence-corrected chi connectivity index (χ4v) is 4.50. The van der Waals surface area contributed by atoms with Crippen LogP contribution in [0.25, 0.3) is 0 Å². The highest BCUT2D eigenvalue weighted by Crippen LogP contribution is 2.27. The van der Waals surface area contributed by atoms with Crippen LogP contribution in [0.15, 0.2) is 72.8 Å². The number of benzene rings is 3. The molecule has 1 fully saturated rings. The van der Waals surface area contributed by atoms with Crippen molar-refractivity contribution in [1.82, 2.24) is 5.32 Å². The predicted molar refractivity (Wildman–Crippen MR) is 145 cm³/mol. The molecule has 0 spiro atoms. The van der Waals surface area contributed by atoms with E-state index >= 15 is 0 Å². The van der Waals surface area contributed by atoms with E-state index in [9.17, 15) is 14.4 Å². The fourth-order valence-electron chi connectivity index (χ4n) is 4.50. The number of nitrogens with one attached hydrogen (secondary N) is 2. The van der Waals surface area contributed by atoms with E-state index in [2.05, 4.69) is 10.6 Å². The summed E-state index contributed by atoms with van der Waals surface area (Å²) in [6.07, 6.45) is 1.76. The van der Waals surface area contributed by atoms with Gasteiger partial charge in [-0.1, -0.05) is 55.5 Å². The number of carbonyl (C=O) groups excluding carboxylic acids is 3. The summed E-state index contributed by atoms with van der Waals surface area (Å²) in [7, 11) is 0. The molecule has 3 aromatic carbocycles. The number of ether oxygens (including phenoxy) is 1. The zero-order valence-corrected chi connectivity index (χ0v) is 21.3. The van der Waals surface area contributed by atoms with Crippen LogP contribution in [0.2, 0.25) is 0 Å². The second-order valence-electron chi connectivity index (χ2n) is 9.23. The minimum absolute atomic E-state index is 0.0822. The maximum atomic E-state index is 12.6. The lowest BCUT2D eigenvalue weighted by molar-refractivity contribution is -0.126. The van der Waals surface area contributed by atoms with E-state index in [1.807, 2.05) is 62.4 Å². The number of rotatable bonds is 10. The van der Waals surface area contributed by atoms with Crippen molar-refractivity contribution in [1.29, 1.82) is 0 Å². The molecule has 1 aliphatic rings. The molecule has 7 heteroatoms. The minimum atomic E-state index is -0.377. The van der Waals surface area contributed by atoms with Crippen LogP contribution in [0.5, 0.6) is 5.75 Å². The van der Waals surface area contributed by atoms with Crippen molar-refractivity contribution < 1.29 is 19.1 Å². The summed E-state index contributed by atoms with van der Waals surface area (Å²) < 4.78 is 5.66. The number of aryl methyl sites for hydroxylation is 2. The molecule has 0 saturated carbocycles. The summed E-state index contributed by atoms with van der Waals surface area (Å²) in [4.78, 5) is 39.3. The van der Waals surface area contributed by atoms with E-state index in [1.165, 1.54) is 0 Å². The second-order valence-corrected chi connectivity index (χ2v) is 9.23. The Balaban J connectivity index is 1.26. The van der Waals surface area contributed by atoms with Gasteiger partial charge in [0.25, 0.3) is 5.91 Å². The summed E-state index contributed by atoms with van der Waals surface area (Å²) >= 11 is 0. The van der Waals surface area contributed by atoms with E-state index < -0.39 is 0 Å². The zero-order valence-electron chi connectivity index (χ0n) is 21.3. The Bertz CT molecular complexity index is 1240. The molecule has 4 rings (SSSR count). The molecule has 192 valence electrons. The van der Waals surface area contributed by atoms with Crippen LogP contribution < -0.4 is 20.3 Å². The van der Waals surface area contributed by atoms with Gasteiger partial charge in [-0.15, -0.1) is 0 Å². The summed E-state index contributed by atoms with van der Waals surface area (Å²) in [5, 5.41) is 5.90. The van der Waals surface area contributed by atoms with Crippen molar-refractivity contribution >= 4 is 29.1 Å². The molecule has 3 amide bonds. The Labute approximate surface area is 217 Å². The van der Waals surface area contributed by atoms with Crippen molar-refractivity contribution in [2.45, 2.75) is 33.1 Å². The molecule has 3 aromatic rings. The molecule has 7 nitrogen and oxygen atoms in total. The van der Waals surface area contributed by atoms with Gasteiger partial charge in [0.2, 0.25) is 11.8 Å². The van der Waals surface area contributed by atoms with Crippen molar-refractivity contribution in [2.24, 2.45) is 5.92 Å². The highest BCUT2D eigenvalue weighted by atomic mass is 16.5. The minimum Gasteiger partial charge on any atom is -0.484 e. The first-order chi connectivity index (χ1) is 17.9. The van der Waals surface area contributed by atoms with Crippen LogP contribution in [0.3, 0.4) is 0 Å². The van der Waals surface area contributed by atoms with Gasteiger partial charge >= 0.3 is 0 Å². The van der Waals surface area contributed by atoms with Crippen LogP contribution in [0.1, 0.15) is 30.0 Å². The number of hydrogen-bond acceptors (Lipinski definition) is 4. The third-order valence-corrected chi connectivity index (χ3v) is 6.57. The molecule has 0 radical (unpaired) electrons. The van der Waals surface area contributed by atoms with Gasteiger partial charge in [-0.05, 0) is 60.7 Å². The lowest BCUT2D eigenvalue weighted by Crippen LogP contribution is -2.34. The average molecular weight is 500 g/mol. The topological polar surface area (TPSA) is 87.7 Å². The second kappa shape index (κ2) is 12.2. The van der Waals surface area contributed by atoms with E-state index in [1.54, 1.807) is 29.2 Å². The highest BCUT2D eigenvalue weighted by molar-refractivity contribution is 6.00. The maximum absolute atomic E-state index is 12.6. The fraction of sp³-hybridized carbons (Fsp3) is 0.300. The normalized spacial score (nSPS) is 14.9. The molecule has 1 saturated heterocycles. The first kappa shape index (κ1) is 25.9. The number of carbonyl (C=O) groups is 3. The van der Waals surface area contributed by atoms with Crippen LogP contribution in [0, 0.1) is 12.8 Å². The van der Waals surface area contributed by atoms with E-state index in [-0.39, 0.29) is 36.7 Å². The third-order valence-electron chi connectivity index (χ3n) is 6.57. The summed E-state index contributed by atoms with van der Waals surface area (Å²) in [6.45, 7) is 4.78. The van der Waals surface area contributed by atoms with Crippen LogP contribution in [0.4, 0.5) is 11.4 Å². The van der Waals surface area contributed by atoms with Crippen molar-refractivity contribution in [3.63, 3.8) is 0 Å². The Morgan fingerprint density at radius 2 is 1.76 bits per heavy atom. The Hall–Kier alpha value is -4.13. The first-order valence-electron chi connectivity index (χ1n) is 12.7. The number of hydrogen-bond donors (Lipinski definition) is 2. The lowest BCUT2D eigenvalue weighted by atomic mass is 10.1. The van der Waals surface area contributed by atoms with Gasteiger partial charge in [0.05, 0.1) is 5.92 Å². The van der Waals surface area contributed by atoms with Crippen LogP contribution in [-0.4, -0.2) is 37.4 Å². The molecule has 37 heavy (non-hydrogen) atoms. The molecule has 0 aromatic heterocycles. The van der Waals surface area contributed by atoms with Crippen molar-refractivity contribution in [3.05, 3.63) is 89.5 Å². The largest absolute Gasteiger partial charge is 0.484 e. The molecule has 2 N–H and O–H groups in total. The number of nitrogens with zero attached hydrogens (tertiary/aromatic N) is 1. The Morgan fingerprint density at radius 1 is 1.00 bits per heavy atom. The van der Waals surface area contributed by atoms with Gasteiger partial charge < -0.3 is 20.3 Å². The van der Waals surface area contributed by atoms with E-state index in [0.717, 1.165) is 35.2 Å². The molecule has 0 aliphatic carbocycles. The third kappa shape index (κ3) is 6.76. The number of para-hydroxylation sites is 1. The number of amides is 3. The average Bonchev–Trinajstić information content (AvgIpc) is 3.31. The monoisotopic (exact) mass is 499 g/mol. The summed E-state index contributed by atoms with van der Waals surface area (Å²) in [6, 6.07) is 22.9. The van der Waals surface area contributed by atoms with Gasteiger partial charge in [-0.2, -0.15) is 0 Å². The van der Waals surface area contributed by atoms with Gasteiger partial charge in [0, 0.05) is 30.9 Å². The SMILES string of the molecule is CCc1cccc(C)c1NC(=O)COc1ccc(N2C[C@H](C(=O)NCCc3ccccc3)CC2=O)cc1. The molecular formula is C30H33N3O4. The molecule has 0 bridgehead atoms. The zero-order chi connectivity index (χ0) is 26.2. The van der Waals surface area contributed by atoms with E-state index in [0.29, 0.717) is 24.5 Å². The standard InChI is InChI=1S/C30H33N3O4/c1-3-23-11-7-8-21(2)29(23)32-27(34)20-37-26-14-12-25(13-15-26)33-19-24(18-28(33)35)30(36)31-17-16-22-9-5-4-6-10-22/h4-15,24H,3,16-20H2,1-2H3,(H,31,36)(H,32,34)/t24-/m1/s1. The quantitative estimate of drug-likeness (QED) is 0.436. The molecule has 1 heterocycles. The van der Waals surface area contributed by atoms with Crippen LogP contribution >= 0.6 is 0 Å². The van der Waals surface area contributed by atoms with Crippen LogP contribution in [-0.2, 0) is 27.2 Å². The Morgan fingerprint density at radius 3 is 2.49 bits per heavy atom. The molecule has 1 aliphatic heterocycles. The van der Waals surface area contributed by atoms with Gasteiger partial charge in [-0.3, -0.25) is 14.4 Å². The molecule has 0 unspecified atom stereocenters. The van der Waals surface area contributed by atoms with Crippen molar-refractivity contribution in [2.75, 3.05) is 29.9 Å². The summed E-state index contributed by atoms with van der Waals surface area (Å²) in [5.41, 5.74) is 4.79. The molecule has 1 atom stereocenters. The van der Waals surface area contributed by atoms with Crippen molar-refractivity contribution in [3.8, 4) is 5.75 Å². The van der Waals surface area contributed by atoms with Gasteiger partial charge in [0.15, 0.2) is 6.61 Å². The smallest absolute Gasteiger partial charge is 0.262 e. The van der Waals surface area contributed by atoms with Gasteiger partial charge in [0.1, 0.15) is 5.75 Å². The Kier molecular flexibility index (Phi) is 8.56. The van der Waals surface area contributed by atoms with Gasteiger partial charge in [-0.25, -0.2) is 0 Å². The predicted octanol–water partition coefficient (Wildman–Crippen LogP) is 4.29. The lowest BCUT2D eigenvalue weighted by Gasteiger charge is -2.17. The summed E-state index contributed by atoms with van der Waals surface area (Å²) in [5.74, 6) is -0.263. The molecular weight excluding hydrogens is 466 g/mol. The highest BCUT2D eigenvalue weighted by Gasteiger charge is 2.35. The first-order valence-corrected chi connectivity index (χ1v) is 12.7. The maximum Gasteiger partial charge on any atom is 0.262 e. The van der Waals surface area contributed by atoms with E-state index in [4.69, 9.17) is 4.74 Å².